The van der Waals surface area contributed by atoms with Gasteiger partial charge in [0.15, 0.2) is 0 Å². The van der Waals surface area contributed by atoms with Crippen molar-refractivity contribution in [3.8, 4) is 0 Å². The molecule has 1 atom stereocenters. The van der Waals surface area contributed by atoms with E-state index in [2.05, 4.69) is 15.6 Å². The third kappa shape index (κ3) is 4.13. The maximum atomic E-state index is 11.7. The van der Waals surface area contributed by atoms with Crippen molar-refractivity contribution >= 4 is 5.91 Å². The van der Waals surface area contributed by atoms with Gasteiger partial charge in [-0.1, -0.05) is 6.07 Å². The molecule has 2 N–H and O–H groups in total. The van der Waals surface area contributed by atoms with Gasteiger partial charge >= 0.3 is 0 Å². The van der Waals surface area contributed by atoms with E-state index in [1.54, 1.807) is 12.4 Å². The van der Waals surface area contributed by atoms with Gasteiger partial charge in [0, 0.05) is 37.9 Å². The van der Waals surface area contributed by atoms with Crippen LogP contribution in [0.4, 0.5) is 0 Å². The molecule has 0 radical (unpaired) electrons. The summed E-state index contributed by atoms with van der Waals surface area (Å²) in [6.45, 7) is 2.69. The van der Waals surface area contributed by atoms with Crippen LogP contribution in [-0.4, -0.2) is 36.7 Å². The first-order valence-electron chi connectivity index (χ1n) is 5.81. The number of nitrogens with one attached hydrogen (secondary N) is 2. The van der Waals surface area contributed by atoms with Crippen molar-refractivity contribution in [3.05, 3.63) is 30.1 Å². The average molecular weight is 235 g/mol. The highest BCUT2D eigenvalue weighted by molar-refractivity contribution is 5.76. The van der Waals surface area contributed by atoms with Gasteiger partial charge < -0.3 is 15.4 Å². The van der Waals surface area contributed by atoms with Crippen molar-refractivity contribution < 1.29 is 9.53 Å². The summed E-state index contributed by atoms with van der Waals surface area (Å²) in [5.74, 6) is 0.0388. The first-order valence-corrected chi connectivity index (χ1v) is 5.81. The molecule has 0 aromatic carbocycles. The molecule has 92 valence electrons. The van der Waals surface area contributed by atoms with E-state index in [0.717, 1.165) is 18.7 Å². The Bertz CT molecular complexity index is 350. The van der Waals surface area contributed by atoms with Gasteiger partial charge in [0.1, 0.15) is 0 Å². The lowest BCUT2D eigenvalue weighted by Gasteiger charge is -2.23. The predicted octanol–water partition coefficient (Wildman–Crippen LogP) is 0.0763. The molecule has 5 heteroatoms. The molecule has 1 aliphatic rings. The Hall–Kier alpha value is -1.46. The Morgan fingerprint density at radius 1 is 1.65 bits per heavy atom. The Morgan fingerprint density at radius 2 is 2.59 bits per heavy atom. The van der Waals surface area contributed by atoms with Crippen LogP contribution in [0.3, 0.4) is 0 Å². The second kappa shape index (κ2) is 6.32. The highest BCUT2D eigenvalue weighted by Gasteiger charge is 2.16. The Balaban J connectivity index is 1.70. The molecule has 1 aliphatic heterocycles. The van der Waals surface area contributed by atoms with Crippen LogP contribution in [0.1, 0.15) is 12.0 Å². The summed E-state index contributed by atoms with van der Waals surface area (Å²) in [5.41, 5.74) is 1.01. The second-order valence-corrected chi connectivity index (χ2v) is 4.07. The summed E-state index contributed by atoms with van der Waals surface area (Å²) in [6, 6.07) is 3.94. The monoisotopic (exact) mass is 235 g/mol. The molecule has 17 heavy (non-hydrogen) atoms. The first-order chi connectivity index (χ1) is 8.34. The lowest BCUT2D eigenvalue weighted by Crippen LogP contribution is -2.44. The van der Waals surface area contributed by atoms with Gasteiger partial charge in [-0.15, -0.1) is 0 Å². The lowest BCUT2D eigenvalue weighted by atomic mass is 10.2. The molecule has 1 amide bonds. The van der Waals surface area contributed by atoms with Gasteiger partial charge in [0.2, 0.25) is 5.91 Å². The number of hydrogen-bond acceptors (Lipinski definition) is 4. The molecule has 0 saturated carbocycles. The summed E-state index contributed by atoms with van der Waals surface area (Å²) in [6.07, 6.45) is 3.93. The smallest absolute Gasteiger partial charge is 0.221 e. The van der Waals surface area contributed by atoms with E-state index < -0.39 is 0 Å². The number of carbonyl (C=O) groups excluding carboxylic acids is 1. The molecular weight excluding hydrogens is 218 g/mol. The normalized spacial score (nSPS) is 19.9. The number of ether oxygens (including phenoxy) is 1. The molecule has 1 unspecified atom stereocenters. The summed E-state index contributed by atoms with van der Waals surface area (Å²) in [7, 11) is 0. The highest BCUT2D eigenvalue weighted by atomic mass is 16.5. The molecule has 1 aromatic heterocycles. The van der Waals surface area contributed by atoms with E-state index >= 15 is 0 Å². The summed E-state index contributed by atoms with van der Waals surface area (Å²) >= 11 is 0. The van der Waals surface area contributed by atoms with E-state index in [1.807, 2.05) is 12.1 Å². The van der Waals surface area contributed by atoms with Crippen molar-refractivity contribution in [2.24, 2.45) is 0 Å². The minimum atomic E-state index is 0.0388. The Kier molecular flexibility index (Phi) is 4.46. The molecule has 0 bridgehead atoms. The van der Waals surface area contributed by atoms with Crippen LogP contribution in [0.2, 0.25) is 0 Å². The average Bonchev–Trinajstić information content (AvgIpc) is 2.39. The SMILES string of the molecule is O=C(CC1COCCN1)NCc1cccnc1. The second-order valence-electron chi connectivity index (χ2n) is 4.07. The largest absolute Gasteiger partial charge is 0.378 e. The zero-order valence-electron chi connectivity index (χ0n) is 9.69. The van der Waals surface area contributed by atoms with Crippen LogP contribution in [0.25, 0.3) is 0 Å². The molecule has 2 heterocycles. The Labute approximate surface area is 101 Å². The molecule has 5 nitrogen and oxygen atoms in total. The lowest BCUT2D eigenvalue weighted by molar-refractivity contribution is -0.122. The zero-order chi connectivity index (χ0) is 11.9. The van der Waals surface area contributed by atoms with E-state index in [0.29, 0.717) is 19.6 Å². The molecule has 0 aliphatic carbocycles. The summed E-state index contributed by atoms with van der Waals surface area (Å²) in [5, 5.41) is 6.12. The quantitative estimate of drug-likeness (QED) is 0.775. The number of carbonyl (C=O) groups is 1. The fraction of sp³-hybridized carbons (Fsp3) is 0.500. The third-order valence-corrected chi connectivity index (χ3v) is 2.64. The van der Waals surface area contributed by atoms with Crippen LogP contribution >= 0.6 is 0 Å². The molecule has 1 aromatic rings. The minimum Gasteiger partial charge on any atom is -0.378 e. The maximum absolute atomic E-state index is 11.7. The van der Waals surface area contributed by atoms with Crippen LogP contribution in [0.15, 0.2) is 24.5 Å². The zero-order valence-corrected chi connectivity index (χ0v) is 9.69. The predicted molar refractivity (Wildman–Crippen MR) is 63.3 cm³/mol. The minimum absolute atomic E-state index is 0.0388. The highest BCUT2D eigenvalue weighted by Crippen LogP contribution is 1.99. The van der Waals surface area contributed by atoms with Gasteiger partial charge in [-0.25, -0.2) is 0 Å². The van der Waals surface area contributed by atoms with Crippen molar-refractivity contribution in [2.45, 2.75) is 19.0 Å². The van der Waals surface area contributed by atoms with Gasteiger partial charge in [0.25, 0.3) is 0 Å². The molecular formula is C12H17N3O2. The van der Waals surface area contributed by atoms with Crippen molar-refractivity contribution in [1.29, 1.82) is 0 Å². The van der Waals surface area contributed by atoms with Crippen molar-refractivity contribution in [2.75, 3.05) is 19.8 Å². The number of morpholine rings is 1. The standard InChI is InChI=1S/C12H17N3O2/c16-12(6-11-9-17-5-4-14-11)15-8-10-2-1-3-13-7-10/h1-3,7,11,14H,4-6,8-9H2,(H,15,16). The van der Waals surface area contributed by atoms with Gasteiger partial charge in [-0.2, -0.15) is 0 Å². The first kappa shape index (κ1) is 12.0. The molecule has 0 spiro atoms. The molecule has 2 rings (SSSR count). The summed E-state index contributed by atoms with van der Waals surface area (Å²) in [4.78, 5) is 15.7. The topological polar surface area (TPSA) is 63.2 Å². The third-order valence-electron chi connectivity index (χ3n) is 2.64. The van der Waals surface area contributed by atoms with E-state index in [-0.39, 0.29) is 11.9 Å². The van der Waals surface area contributed by atoms with Gasteiger partial charge in [-0.3, -0.25) is 9.78 Å². The maximum Gasteiger partial charge on any atom is 0.221 e. The van der Waals surface area contributed by atoms with Gasteiger partial charge in [-0.05, 0) is 11.6 Å². The fourth-order valence-corrected chi connectivity index (χ4v) is 1.75. The number of hydrogen-bond donors (Lipinski definition) is 2. The van der Waals surface area contributed by atoms with Crippen LogP contribution < -0.4 is 10.6 Å². The van der Waals surface area contributed by atoms with E-state index in [9.17, 15) is 4.79 Å². The van der Waals surface area contributed by atoms with Crippen molar-refractivity contribution in [1.82, 2.24) is 15.6 Å². The molecule has 1 fully saturated rings. The van der Waals surface area contributed by atoms with E-state index in [4.69, 9.17) is 4.74 Å². The number of aromatic nitrogens is 1. The van der Waals surface area contributed by atoms with Crippen LogP contribution in [0.5, 0.6) is 0 Å². The fourth-order valence-electron chi connectivity index (χ4n) is 1.75. The van der Waals surface area contributed by atoms with Crippen molar-refractivity contribution in [3.63, 3.8) is 0 Å². The van der Waals surface area contributed by atoms with Crippen LogP contribution in [-0.2, 0) is 16.1 Å². The number of amides is 1. The number of nitrogens with zero attached hydrogens (tertiary/aromatic N) is 1. The summed E-state index contributed by atoms with van der Waals surface area (Å²) < 4.78 is 5.29. The van der Waals surface area contributed by atoms with E-state index in [1.165, 1.54) is 0 Å². The Morgan fingerprint density at radius 3 is 3.29 bits per heavy atom. The van der Waals surface area contributed by atoms with Gasteiger partial charge in [0.05, 0.1) is 13.2 Å². The number of rotatable bonds is 4. The molecule has 1 saturated heterocycles. The number of pyridine rings is 1. The van der Waals surface area contributed by atoms with Crippen LogP contribution in [0, 0.1) is 0 Å².